The van der Waals surface area contributed by atoms with Gasteiger partial charge in [0.25, 0.3) is 5.91 Å². The van der Waals surface area contributed by atoms with Crippen LogP contribution < -0.4 is 5.32 Å². The molecule has 0 saturated heterocycles. The quantitative estimate of drug-likeness (QED) is 0.613. The van der Waals surface area contributed by atoms with Gasteiger partial charge in [0.2, 0.25) is 0 Å². The SMILES string of the molecule is Cc1nn(C)c2ncc(C(=O)NCc3nnc4ccccn34)cc12. The number of nitrogens with one attached hydrogen (secondary N) is 1. The molecular weight excluding hydrogens is 306 g/mol. The highest BCUT2D eigenvalue weighted by Gasteiger charge is 2.13. The Hall–Kier alpha value is -3.29. The summed E-state index contributed by atoms with van der Waals surface area (Å²) in [6.45, 7) is 2.18. The van der Waals surface area contributed by atoms with E-state index in [9.17, 15) is 4.79 Å². The molecule has 4 aromatic heterocycles. The molecule has 0 saturated carbocycles. The van der Waals surface area contributed by atoms with E-state index in [0.717, 1.165) is 22.4 Å². The van der Waals surface area contributed by atoms with Crippen LogP contribution in [0.2, 0.25) is 0 Å². The van der Waals surface area contributed by atoms with Crippen LogP contribution in [0, 0.1) is 6.92 Å². The van der Waals surface area contributed by atoms with Crippen LogP contribution in [0.5, 0.6) is 0 Å². The monoisotopic (exact) mass is 321 g/mol. The molecule has 120 valence electrons. The Morgan fingerprint density at radius 3 is 3.04 bits per heavy atom. The van der Waals surface area contributed by atoms with Gasteiger partial charge in [-0.15, -0.1) is 10.2 Å². The van der Waals surface area contributed by atoms with Gasteiger partial charge < -0.3 is 5.32 Å². The third-order valence-electron chi connectivity index (χ3n) is 3.92. The van der Waals surface area contributed by atoms with Gasteiger partial charge in [-0.3, -0.25) is 13.9 Å². The van der Waals surface area contributed by atoms with E-state index in [1.807, 2.05) is 48.8 Å². The maximum absolute atomic E-state index is 12.4. The smallest absolute Gasteiger partial charge is 0.253 e. The summed E-state index contributed by atoms with van der Waals surface area (Å²) in [5.41, 5.74) is 2.84. The Bertz CT molecular complexity index is 1060. The number of rotatable bonds is 3. The van der Waals surface area contributed by atoms with Gasteiger partial charge in [-0.05, 0) is 25.1 Å². The Kier molecular flexibility index (Phi) is 3.23. The first-order valence-electron chi connectivity index (χ1n) is 7.49. The van der Waals surface area contributed by atoms with Crippen molar-refractivity contribution in [2.24, 2.45) is 7.05 Å². The lowest BCUT2D eigenvalue weighted by Gasteiger charge is -2.04. The lowest BCUT2D eigenvalue weighted by molar-refractivity contribution is 0.0949. The average Bonchev–Trinajstić information content (AvgIpc) is 3.14. The molecule has 0 unspecified atom stereocenters. The highest BCUT2D eigenvalue weighted by Crippen LogP contribution is 2.16. The zero-order valence-electron chi connectivity index (χ0n) is 13.3. The molecule has 8 nitrogen and oxygen atoms in total. The van der Waals surface area contributed by atoms with Crippen LogP contribution >= 0.6 is 0 Å². The third kappa shape index (κ3) is 2.28. The Balaban J connectivity index is 1.57. The maximum Gasteiger partial charge on any atom is 0.253 e. The number of pyridine rings is 2. The van der Waals surface area contributed by atoms with Crippen LogP contribution in [-0.4, -0.2) is 35.3 Å². The van der Waals surface area contributed by atoms with Crippen LogP contribution in [0.4, 0.5) is 0 Å². The zero-order valence-corrected chi connectivity index (χ0v) is 13.3. The first kappa shape index (κ1) is 14.3. The summed E-state index contributed by atoms with van der Waals surface area (Å²) in [6, 6.07) is 7.46. The lowest BCUT2D eigenvalue weighted by atomic mass is 10.2. The van der Waals surface area contributed by atoms with Crippen molar-refractivity contribution in [3.05, 3.63) is 53.7 Å². The normalized spacial score (nSPS) is 11.2. The molecule has 0 aliphatic heterocycles. The van der Waals surface area contributed by atoms with E-state index in [1.165, 1.54) is 0 Å². The summed E-state index contributed by atoms with van der Waals surface area (Å²) in [6.07, 6.45) is 3.42. The van der Waals surface area contributed by atoms with Crippen molar-refractivity contribution >= 4 is 22.6 Å². The summed E-state index contributed by atoms with van der Waals surface area (Å²) < 4.78 is 3.54. The van der Waals surface area contributed by atoms with E-state index in [1.54, 1.807) is 10.9 Å². The molecule has 1 N–H and O–H groups in total. The van der Waals surface area contributed by atoms with Crippen molar-refractivity contribution in [3.8, 4) is 0 Å². The number of aryl methyl sites for hydroxylation is 2. The number of carbonyl (C=O) groups is 1. The van der Waals surface area contributed by atoms with Gasteiger partial charge in [-0.1, -0.05) is 6.07 Å². The number of fused-ring (bicyclic) bond motifs is 2. The second-order valence-corrected chi connectivity index (χ2v) is 5.53. The summed E-state index contributed by atoms with van der Waals surface area (Å²) in [5.74, 6) is 0.464. The van der Waals surface area contributed by atoms with Crippen molar-refractivity contribution in [1.29, 1.82) is 0 Å². The van der Waals surface area contributed by atoms with Gasteiger partial charge in [0, 0.05) is 24.8 Å². The molecule has 24 heavy (non-hydrogen) atoms. The Morgan fingerprint density at radius 2 is 2.17 bits per heavy atom. The van der Waals surface area contributed by atoms with Crippen molar-refractivity contribution in [3.63, 3.8) is 0 Å². The first-order chi connectivity index (χ1) is 11.6. The standard InChI is InChI=1S/C16H15N7O/c1-10-12-7-11(8-17-15(12)22(2)21-10)16(24)18-9-14-20-19-13-5-3-4-6-23(13)14/h3-8H,9H2,1-2H3,(H,18,24). The number of nitrogens with zero attached hydrogens (tertiary/aromatic N) is 6. The molecule has 0 radical (unpaired) electrons. The molecule has 4 rings (SSSR count). The predicted molar refractivity (Wildman–Crippen MR) is 87.4 cm³/mol. The minimum atomic E-state index is -0.208. The van der Waals surface area contributed by atoms with Gasteiger partial charge >= 0.3 is 0 Å². The van der Waals surface area contributed by atoms with Gasteiger partial charge in [0.15, 0.2) is 17.1 Å². The van der Waals surface area contributed by atoms with Crippen molar-refractivity contribution < 1.29 is 4.79 Å². The van der Waals surface area contributed by atoms with Crippen LogP contribution in [0.15, 0.2) is 36.7 Å². The molecular formula is C16H15N7O. The predicted octanol–water partition coefficient (Wildman–Crippen LogP) is 1.25. The molecule has 4 heterocycles. The molecule has 0 fully saturated rings. The van der Waals surface area contributed by atoms with Crippen molar-refractivity contribution in [2.75, 3.05) is 0 Å². The fourth-order valence-electron chi connectivity index (χ4n) is 2.70. The largest absolute Gasteiger partial charge is 0.345 e. The average molecular weight is 321 g/mol. The molecule has 0 aliphatic rings. The Morgan fingerprint density at radius 1 is 1.29 bits per heavy atom. The molecule has 0 atom stereocenters. The van der Waals surface area contributed by atoms with Crippen LogP contribution in [0.1, 0.15) is 21.9 Å². The van der Waals surface area contributed by atoms with Gasteiger partial charge in [-0.25, -0.2) is 4.98 Å². The number of amides is 1. The maximum atomic E-state index is 12.4. The first-order valence-corrected chi connectivity index (χ1v) is 7.49. The number of carbonyl (C=O) groups excluding carboxylic acids is 1. The van der Waals surface area contributed by atoms with E-state index in [4.69, 9.17) is 0 Å². The van der Waals surface area contributed by atoms with Crippen molar-refractivity contribution in [2.45, 2.75) is 13.5 Å². The molecule has 0 bridgehead atoms. The fourth-order valence-corrected chi connectivity index (χ4v) is 2.70. The van der Waals surface area contributed by atoms with Crippen molar-refractivity contribution in [1.82, 2.24) is 34.7 Å². The molecule has 1 amide bonds. The summed E-state index contributed by atoms with van der Waals surface area (Å²) >= 11 is 0. The molecule has 4 aromatic rings. The Labute approximate surface area is 137 Å². The molecule has 0 aliphatic carbocycles. The second-order valence-electron chi connectivity index (χ2n) is 5.53. The van der Waals surface area contributed by atoms with E-state index in [0.29, 0.717) is 11.4 Å². The van der Waals surface area contributed by atoms with Crippen LogP contribution in [-0.2, 0) is 13.6 Å². The highest BCUT2D eigenvalue weighted by atomic mass is 16.1. The fraction of sp³-hybridized carbons (Fsp3) is 0.188. The van der Waals surface area contributed by atoms with Gasteiger partial charge in [-0.2, -0.15) is 5.10 Å². The van der Waals surface area contributed by atoms with E-state index in [2.05, 4.69) is 25.6 Å². The van der Waals surface area contributed by atoms with E-state index >= 15 is 0 Å². The van der Waals surface area contributed by atoms with E-state index < -0.39 is 0 Å². The minimum Gasteiger partial charge on any atom is -0.345 e. The van der Waals surface area contributed by atoms with Crippen LogP contribution in [0.3, 0.4) is 0 Å². The summed E-state index contributed by atoms with van der Waals surface area (Å²) in [5, 5.41) is 16.2. The summed E-state index contributed by atoms with van der Waals surface area (Å²) in [7, 11) is 1.83. The molecule has 8 heteroatoms. The zero-order chi connectivity index (χ0) is 16.7. The number of hydrogen-bond acceptors (Lipinski definition) is 5. The second kappa shape index (κ2) is 5.41. The number of hydrogen-bond donors (Lipinski definition) is 1. The van der Waals surface area contributed by atoms with Gasteiger partial charge in [0.1, 0.15) is 0 Å². The molecule has 0 spiro atoms. The third-order valence-corrected chi connectivity index (χ3v) is 3.92. The topological polar surface area (TPSA) is 90.0 Å². The molecule has 0 aromatic carbocycles. The highest BCUT2D eigenvalue weighted by molar-refractivity contribution is 5.97. The van der Waals surface area contributed by atoms with Gasteiger partial charge in [0.05, 0.1) is 17.8 Å². The summed E-state index contributed by atoms with van der Waals surface area (Å²) in [4.78, 5) is 16.7. The lowest BCUT2D eigenvalue weighted by Crippen LogP contribution is -2.24. The number of aromatic nitrogens is 6. The minimum absolute atomic E-state index is 0.208. The van der Waals surface area contributed by atoms with Crippen LogP contribution in [0.25, 0.3) is 16.7 Å². The van der Waals surface area contributed by atoms with E-state index in [-0.39, 0.29) is 12.5 Å².